The van der Waals surface area contributed by atoms with Gasteiger partial charge < -0.3 is 45.2 Å². The second-order valence-electron chi connectivity index (χ2n) is 11.5. The number of likely N-dealkylation sites (N-methyl/N-ethyl adjacent to an activating group) is 1. The van der Waals surface area contributed by atoms with Gasteiger partial charge in [-0.1, -0.05) is 18.4 Å². The predicted octanol–water partition coefficient (Wildman–Crippen LogP) is 5.31. The van der Waals surface area contributed by atoms with Gasteiger partial charge >= 0.3 is 6.18 Å². The van der Waals surface area contributed by atoms with Crippen LogP contribution in [0.2, 0.25) is 0 Å². The zero-order valence-electron chi connectivity index (χ0n) is 28.8. The zero-order chi connectivity index (χ0) is 35.5. The summed E-state index contributed by atoms with van der Waals surface area (Å²) in [6, 6.07) is 12.2. The molecule has 2 heterocycles. The molecule has 0 bridgehead atoms. The molecule has 0 radical (unpaired) electrons. The Bertz CT molecular complexity index is 1460. The van der Waals surface area contributed by atoms with Gasteiger partial charge in [0.15, 0.2) is 0 Å². The molecule has 10 nitrogen and oxygen atoms in total. The van der Waals surface area contributed by atoms with E-state index in [9.17, 15) is 13.2 Å². The van der Waals surface area contributed by atoms with Crippen LogP contribution in [0.3, 0.4) is 0 Å². The molecule has 1 saturated heterocycles. The number of hydrogen-bond donors (Lipinski definition) is 3. The number of fused-ring (bicyclic) bond motifs is 1. The van der Waals surface area contributed by atoms with Crippen molar-refractivity contribution in [3.8, 4) is 17.6 Å². The molecule has 3 aromatic rings. The molecule has 1 aliphatic rings. The summed E-state index contributed by atoms with van der Waals surface area (Å²) < 4.78 is 64.8. The fourth-order valence-corrected chi connectivity index (χ4v) is 5.82. The Morgan fingerprint density at radius 1 is 0.959 bits per heavy atom. The largest absolute Gasteiger partial charge is 0.495 e. The van der Waals surface area contributed by atoms with E-state index in [1.54, 1.807) is 43.3 Å². The van der Waals surface area contributed by atoms with Crippen LogP contribution in [0, 0.1) is 11.8 Å². The van der Waals surface area contributed by atoms with Gasteiger partial charge in [0.05, 0.1) is 70.2 Å². The summed E-state index contributed by atoms with van der Waals surface area (Å²) in [5.41, 5.74) is 13.1. The molecular formula is C35H51F3N6O4S. The second kappa shape index (κ2) is 21.8. The van der Waals surface area contributed by atoms with Crippen molar-refractivity contribution >= 4 is 34.2 Å². The molecule has 0 atom stereocenters. The van der Waals surface area contributed by atoms with Crippen LogP contribution in [-0.4, -0.2) is 114 Å². The minimum Gasteiger partial charge on any atom is -0.495 e. The van der Waals surface area contributed by atoms with Gasteiger partial charge in [-0.2, -0.15) is 13.2 Å². The molecule has 272 valence electrons. The van der Waals surface area contributed by atoms with E-state index in [1.165, 1.54) is 32.4 Å². The van der Waals surface area contributed by atoms with Crippen LogP contribution in [-0.2, 0) is 20.8 Å². The highest BCUT2D eigenvalue weighted by molar-refractivity contribution is 7.97. The van der Waals surface area contributed by atoms with Crippen molar-refractivity contribution in [2.24, 2.45) is 5.73 Å². The maximum absolute atomic E-state index is 13.2. The Balaban J connectivity index is 0.000000823. The normalized spacial score (nSPS) is 13.6. The third-order valence-corrected chi connectivity index (χ3v) is 8.43. The molecule has 1 fully saturated rings. The highest BCUT2D eigenvalue weighted by Gasteiger charge is 2.29. The van der Waals surface area contributed by atoms with Crippen LogP contribution >= 0.6 is 11.9 Å². The Morgan fingerprint density at radius 2 is 1.65 bits per heavy atom. The number of anilines is 2. The van der Waals surface area contributed by atoms with E-state index in [-0.39, 0.29) is 12.2 Å². The molecule has 0 unspecified atom stereocenters. The smallest absolute Gasteiger partial charge is 0.406 e. The van der Waals surface area contributed by atoms with Gasteiger partial charge in [-0.15, -0.1) is 0 Å². The number of alkyl halides is 3. The standard InChI is InChI=1S/C29H38F3N5O4S.C6H13N/c1-36(12-14-40-16-18-41-17-15-39-13-10-33)42-23-8-9-26(28(20-23)38-2)35-11-4-5-22-19-24-25(34)6-3-7-27(24)37(22)21-29(30,31)32;1-7-5-3-2-4-6-7/h3,6-9,19-20,35H,10-18,21,33-34H2,1-2H3;2-6H2,1H3. The van der Waals surface area contributed by atoms with Crippen LogP contribution in [0.15, 0.2) is 47.4 Å². The van der Waals surface area contributed by atoms with E-state index in [0.717, 1.165) is 15.1 Å². The molecule has 1 aromatic heterocycles. The maximum atomic E-state index is 13.2. The third kappa shape index (κ3) is 15.1. The van der Waals surface area contributed by atoms with Crippen LogP contribution in [0.4, 0.5) is 24.5 Å². The van der Waals surface area contributed by atoms with E-state index in [1.807, 2.05) is 25.2 Å². The Morgan fingerprint density at radius 3 is 2.29 bits per heavy atom. The zero-order valence-corrected chi connectivity index (χ0v) is 29.6. The molecule has 14 heteroatoms. The number of aromatic nitrogens is 1. The third-order valence-electron chi connectivity index (χ3n) is 7.47. The molecule has 0 aliphatic carbocycles. The summed E-state index contributed by atoms with van der Waals surface area (Å²) in [5.74, 6) is 6.40. The molecule has 0 amide bonds. The predicted molar refractivity (Wildman–Crippen MR) is 192 cm³/mol. The first-order valence-corrected chi connectivity index (χ1v) is 17.2. The number of nitrogen functional groups attached to an aromatic ring is 1. The van der Waals surface area contributed by atoms with Crippen molar-refractivity contribution in [3.05, 3.63) is 48.2 Å². The molecule has 5 N–H and O–H groups in total. The lowest BCUT2D eigenvalue weighted by Gasteiger charge is -2.20. The minimum absolute atomic E-state index is 0.202. The van der Waals surface area contributed by atoms with E-state index < -0.39 is 12.7 Å². The van der Waals surface area contributed by atoms with Crippen LogP contribution in [0.25, 0.3) is 10.9 Å². The number of nitrogens with two attached hydrogens (primary N) is 2. The van der Waals surface area contributed by atoms with E-state index >= 15 is 0 Å². The number of nitrogens with one attached hydrogen (secondary N) is 1. The molecule has 49 heavy (non-hydrogen) atoms. The maximum Gasteiger partial charge on any atom is 0.406 e. The number of rotatable bonds is 17. The highest BCUT2D eigenvalue weighted by atomic mass is 32.2. The van der Waals surface area contributed by atoms with Crippen molar-refractivity contribution in [1.29, 1.82) is 0 Å². The molecule has 2 aromatic carbocycles. The lowest BCUT2D eigenvalue weighted by Crippen LogP contribution is -2.24. The van der Waals surface area contributed by atoms with E-state index in [0.29, 0.717) is 75.1 Å². The van der Waals surface area contributed by atoms with Gasteiger partial charge in [0.1, 0.15) is 12.3 Å². The van der Waals surface area contributed by atoms with Gasteiger partial charge in [-0.3, -0.25) is 0 Å². The first-order chi connectivity index (χ1) is 23.6. The van der Waals surface area contributed by atoms with Gasteiger partial charge in [0, 0.05) is 29.1 Å². The monoisotopic (exact) mass is 708 g/mol. The highest BCUT2D eigenvalue weighted by Crippen LogP contribution is 2.32. The number of likely N-dealkylation sites (tertiary alicyclic amines) is 1. The van der Waals surface area contributed by atoms with Crippen LogP contribution in [0.5, 0.6) is 5.75 Å². The summed E-state index contributed by atoms with van der Waals surface area (Å²) in [5, 5.41) is 3.72. The second-order valence-corrected chi connectivity index (χ2v) is 12.7. The van der Waals surface area contributed by atoms with Gasteiger partial charge in [-0.25, -0.2) is 4.31 Å². The summed E-state index contributed by atoms with van der Waals surface area (Å²) in [6.45, 7) is 6.04. The molecule has 1 aliphatic heterocycles. The fraction of sp³-hybridized carbons (Fsp3) is 0.543. The quantitative estimate of drug-likeness (QED) is 0.0739. The SMILES string of the molecule is CN1CCCCC1.COc1cc(SN(C)CCOCCOCCOCCN)ccc1NCC#Cc1cc2c(N)cccc2n1CC(F)(F)F. The van der Waals surface area contributed by atoms with Gasteiger partial charge in [0.25, 0.3) is 0 Å². The first kappa shape index (κ1) is 40.3. The Kier molecular flexibility index (Phi) is 17.9. The number of hydrogen-bond acceptors (Lipinski definition) is 10. The van der Waals surface area contributed by atoms with Crippen molar-refractivity contribution in [2.75, 3.05) is 105 Å². The minimum atomic E-state index is -4.39. The van der Waals surface area contributed by atoms with Gasteiger partial charge in [-0.05, 0) is 94.3 Å². The summed E-state index contributed by atoms with van der Waals surface area (Å²) in [4.78, 5) is 3.37. The topological polar surface area (TPSA) is 112 Å². The fourth-order valence-electron chi connectivity index (χ4n) is 5.01. The average molecular weight is 709 g/mol. The van der Waals surface area contributed by atoms with Crippen molar-refractivity contribution < 1.29 is 32.1 Å². The van der Waals surface area contributed by atoms with Crippen LogP contribution < -0.4 is 21.5 Å². The number of methoxy groups -OCH3 is 1. The average Bonchev–Trinajstić information content (AvgIpc) is 3.41. The summed E-state index contributed by atoms with van der Waals surface area (Å²) in [7, 11) is 5.74. The number of benzene rings is 2. The molecule has 0 spiro atoms. The molecular weight excluding hydrogens is 657 g/mol. The number of halogens is 3. The Hall–Kier alpha value is -3.16. The van der Waals surface area contributed by atoms with Crippen molar-refractivity contribution in [2.45, 2.75) is 36.9 Å². The van der Waals surface area contributed by atoms with E-state index in [2.05, 4.69) is 33.4 Å². The molecule has 0 saturated carbocycles. The van der Waals surface area contributed by atoms with Crippen molar-refractivity contribution in [3.63, 3.8) is 0 Å². The van der Waals surface area contributed by atoms with E-state index in [4.69, 9.17) is 30.4 Å². The van der Waals surface area contributed by atoms with Crippen molar-refractivity contribution in [1.82, 2.24) is 13.8 Å². The number of nitrogens with zero attached hydrogens (tertiary/aromatic N) is 3. The van der Waals surface area contributed by atoms with Crippen LogP contribution in [0.1, 0.15) is 25.0 Å². The lowest BCUT2D eigenvalue weighted by atomic mass is 10.1. The van der Waals surface area contributed by atoms with Gasteiger partial charge in [0.2, 0.25) is 0 Å². The first-order valence-electron chi connectivity index (χ1n) is 16.5. The number of ether oxygens (including phenoxy) is 4. The summed E-state index contributed by atoms with van der Waals surface area (Å²) >= 11 is 1.55. The number of piperidine rings is 1. The Labute approximate surface area is 292 Å². The summed E-state index contributed by atoms with van der Waals surface area (Å²) in [6.07, 6.45) is -0.119. The molecule has 4 rings (SSSR count). The lowest BCUT2D eigenvalue weighted by molar-refractivity contribution is -0.140.